The van der Waals surface area contributed by atoms with Crippen LogP contribution in [0.3, 0.4) is 0 Å². The van der Waals surface area contributed by atoms with E-state index in [2.05, 4.69) is 47.8 Å². The number of nitrogens with zero attached hydrogens (tertiary/aromatic N) is 1. The Morgan fingerprint density at radius 2 is 2.08 bits per heavy atom. The first-order chi connectivity index (χ1) is 5.47. The average Bonchev–Trinajstić information content (AvgIpc) is 2.30. The minimum absolute atomic E-state index is 0.0243. The summed E-state index contributed by atoms with van der Waals surface area (Å²) < 4.78 is 1.15. The van der Waals surface area contributed by atoms with Crippen LogP contribution in [0.5, 0.6) is 0 Å². The minimum atomic E-state index is 0.0243. The third kappa shape index (κ3) is 3.50. The van der Waals surface area contributed by atoms with Gasteiger partial charge in [-0.3, -0.25) is 4.99 Å². The van der Waals surface area contributed by atoms with E-state index in [1.807, 2.05) is 12.3 Å². The number of hydrogen-bond donors (Lipinski definition) is 0. The molecule has 0 bridgehead atoms. The fraction of sp³-hybridized carbons (Fsp3) is 0.444. The minimum Gasteiger partial charge on any atom is -0.286 e. The molecular weight excluding hydrogens is 234 g/mol. The largest absolute Gasteiger partial charge is 0.286 e. The zero-order chi connectivity index (χ0) is 9.19. The second kappa shape index (κ2) is 3.71. The Hall–Kier alpha value is -0.150. The summed E-state index contributed by atoms with van der Waals surface area (Å²) in [6, 6.07) is 4.10. The maximum atomic E-state index is 4.40. The molecule has 0 radical (unpaired) electrons. The summed E-state index contributed by atoms with van der Waals surface area (Å²) in [5.74, 6) is 0. The summed E-state index contributed by atoms with van der Waals surface area (Å²) in [6.45, 7) is 6.27. The first-order valence-electron chi connectivity index (χ1n) is 3.78. The molecule has 0 spiro atoms. The lowest BCUT2D eigenvalue weighted by molar-refractivity contribution is 0.587. The Bertz CT molecular complexity index is 283. The fourth-order valence-corrected chi connectivity index (χ4v) is 1.95. The van der Waals surface area contributed by atoms with Gasteiger partial charge in [-0.05, 0) is 48.8 Å². The normalized spacial score (nSPS) is 12.7. The predicted octanol–water partition coefficient (Wildman–Crippen LogP) is 3.73. The van der Waals surface area contributed by atoms with Crippen molar-refractivity contribution in [2.45, 2.75) is 26.3 Å². The summed E-state index contributed by atoms with van der Waals surface area (Å²) >= 11 is 5.11. The quantitative estimate of drug-likeness (QED) is 0.669. The van der Waals surface area contributed by atoms with E-state index in [0.29, 0.717) is 0 Å². The zero-order valence-corrected chi connectivity index (χ0v) is 9.87. The third-order valence-corrected chi connectivity index (χ3v) is 2.73. The van der Waals surface area contributed by atoms with Gasteiger partial charge in [0.05, 0.1) is 9.33 Å². The van der Waals surface area contributed by atoms with Crippen molar-refractivity contribution in [1.82, 2.24) is 0 Å². The van der Waals surface area contributed by atoms with Gasteiger partial charge in [0.15, 0.2) is 0 Å². The molecule has 1 aromatic rings. The lowest BCUT2D eigenvalue weighted by atomic mass is 10.1. The Kier molecular flexibility index (Phi) is 3.07. The standard InChI is InChI=1S/C9H12BrNS/c1-9(2,3)11-6-7-4-5-8(10)12-7/h4-6H,1-3H3. The van der Waals surface area contributed by atoms with Crippen molar-refractivity contribution < 1.29 is 0 Å². The highest BCUT2D eigenvalue weighted by atomic mass is 79.9. The topological polar surface area (TPSA) is 12.4 Å². The predicted molar refractivity (Wildman–Crippen MR) is 59.4 cm³/mol. The Morgan fingerprint density at radius 1 is 1.42 bits per heavy atom. The van der Waals surface area contributed by atoms with Crippen molar-refractivity contribution in [3.05, 3.63) is 20.8 Å². The van der Waals surface area contributed by atoms with E-state index in [1.54, 1.807) is 11.3 Å². The maximum absolute atomic E-state index is 4.40. The smallest absolute Gasteiger partial charge is 0.0705 e. The van der Waals surface area contributed by atoms with Gasteiger partial charge in [-0.2, -0.15) is 0 Å². The molecule has 0 fully saturated rings. The monoisotopic (exact) mass is 245 g/mol. The summed E-state index contributed by atoms with van der Waals surface area (Å²) in [4.78, 5) is 5.60. The van der Waals surface area contributed by atoms with Crippen molar-refractivity contribution in [3.63, 3.8) is 0 Å². The second-order valence-electron chi connectivity index (χ2n) is 3.57. The van der Waals surface area contributed by atoms with E-state index in [4.69, 9.17) is 0 Å². The summed E-state index contributed by atoms with van der Waals surface area (Å²) in [5.41, 5.74) is 0.0243. The first-order valence-corrected chi connectivity index (χ1v) is 5.39. The lowest BCUT2D eigenvalue weighted by Gasteiger charge is -2.09. The summed E-state index contributed by atoms with van der Waals surface area (Å²) in [7, 11) is 0. The van der Waals surface area contributed by atoms with Crippen LogP contribution in [0.1, 0.15) is 25.6 Å². The third-order valence-electron chi connectivity index (χ3n) is 1.17. The molecule has 0 aliphatic rings. The lowest BCUT2D eigenvalue weighted by Crippen LogP contribution is -2.09. The van der Waals surface area contributed by atoms with Gasteiger partial charge in [0, 0.05) is 11.1 Å². The molecule has 3 heteroatoms. The molecule has 12 heavy (non-hydrogen) atoms. The van der Waals surface area contributed by atoms with Gasteiger partial charge >= 0.3 is 0 Å². The van der Waals surface area contributed by atoms with E-state index >= 15 is 0 Å². The molecule has 0 aromatic carbocycles. The molecule has 0 saturated heterocycles. The van der Waals surface area contributed by atoms with Crippen molar-refractivity contribution in [2.75, 3.05) is 0 Å². The van der Waals surface area contributed by atoms with Crippen LogP contribution < -0.4 is 0 Å². The first kappa shape index (κ1) is 9.93. The van der Waals surface area contributed by atoms with E-state index in [-0.39, 0.29) is 5.54 Å². The Balaban J connectivity index is 2.70. The second-order valence-corrected chi connectivity index (χ2v) is 6.07. The molecule has 1 aromatic heterocycles. The van der Waals surface area contributed by atoms with Gasteiger partial charge in [-0.15, -0.1) is 11.3 Å². The fourth-order valence-electron chi connectivity index (χ4n) is 0.655. The van der Waals surface area contributed by atoms with Gasteiger partial charge in [0.25, 0.3) is 0 Å². The molecule has 0 amide bonds. The number of hydrogen-bond acceptors (Lipinski definition) is 2. The Morgan fingerprint density at radius 3 is 2.50 bits per heavy atom. The van der Waals surface area contributed by atoms with Crippen LogP contribution in [0.25, 0.3) is 0 Å². The Labute approximate surface area is 85.7 Å². The van der Waals surface area contributed by atoms with Crippen LogP contribution in [0, 0.1) is 0 Å². The number of halogens is 1. The van der Waals surface area contributed by atoms with Gasteiger partial charge in [-0.25, -0.2) is 0 Å². The number of thiophene rings is 1. The van der Waals surface area contributed by atoms with E-state index in [9.17, 15) is 0 Å². The van der Waals surface area contributed by atoms with Gasteiger partial charge in [0.1, 0.15) is 0 Å². The van der Waals surface area contributed by atoms with Crippen LogP contribution >= 0.6 is 27.3 Å². The van der Waals surface area contributed by atoms with Crippen LogP contribution in [0.2, 0.25) is 0 Å². The highest BCUT2D eigenvalue weighted by molar-refractivity contribution is 9.11. The van der Waals surface area contributed by atoms with E-state index < -0.39 is 0 Å². The zero-order valence-electron chi connectivity index (χ0n) is 7.47. The van der Waals surface area contributed by atoms with Crippen LogP contribution in [-0.2, 0) is 0 Å². The molecule has 1 heterocycles. The van der Waals surface area contributed by atoms with Crippen LogP contribution in [0.4, 0.5) is 0 Å². The highest BCUT2D eigenvalue weighted by Crippen LogP contribution is 2.21. The molecule has 0 N–H and O–H groups in total. The molecule has 0 saturated carbocycles. The van der Waals surface area contributed by atoms with Gasteiger partial charge in [0.2, 0.25) is 0 Å². The highest BCUT2D eigenvalue weighted by Gasteiger charge is 2.04. The van der Waals surface area contributed by atoms with Crippen molar-refractivity contribution in [1.29, 1.82) is 0 Å². The van der Waals surface area contributed by atoms with Crippen molar-refractivity contribution in [3.8, 4) is 0 Å². The molecule has 0 aliphatic carbocycles. The molecule has 0 atom stereocenters. The van der Waals surface area contributed by atoms with E-state index in [1.165, 1.54) is 4.88 Å². The molecule has 66 valence electrons. The number of aliphatic imine (C=N–C) groups is 1. The maximum Gasteiger partial charge on any atom is 0.0705 e. The molecule has 0 aliphatic heterocycles. The molecular formula is C9H12BrNS. The molecule has 1 nitrogen and oxygen atoms in total. The van der Waals surface area contributed by atoms with Gasteiger partial charge in [-0.1, -0.05) is 0 Å². The van der Waals surface area contributed by atoms with Crippen molar-refractivity contribution in [2.24, 2.45) is 4.99 Å². The average molecular weight is 246 g/mol. The SMILES string of the molecule is CC(C)(C)N=Cc1ccc(Br)s1. The molecule has 1 rings (SSSR count). The van der Waals surface area contributed by atoms with Gasteiger partial charge < -0.3 is 0 Å². The number of rotatable bonds is 1. The van der Waals surface area contributed by atoms with Crippen LogP contribution in [0.15, 0.2) is 20.9 Å². The van der Waals surface area contributed by atoms with Crippen LogP contribution in [-0.4, -0.2) is 11.8 Å². The summed E-state index contributed by atoms with van der Waals surface area (Å²) in [5, 5.41) is 0. The molecule has 0 unspecified atom stereocenters. The van der Waals surface area contributed by atoms with E-state index in [0.717, 1.165) is 3.79 Å². The summed E-state index contributed by atoms with van der Waals surface area (Å²) in [6.07, 6.45) is 1.93. The van der Waals surface area contributed by atoms with Crippen molar-refractivity contribution >= 4 is 33.5 Å².